The molecule has 3 nitrogen and oxygen atoms in total. The predicted octanol–water partition coefficient (Wildman–Crippen LogP) is 6.21. The van der Waals surface area contributed by atoms with Crippen LogP contribution >= 0.6 is 23.4 Å². The average molecular weight is 451 g/mol. The van der Waals surface area contributed by atoms with Crippen LogP contribution in [0.5, 0.6) is 0 Å². The summed E-state index contributed by atoms with van der Waals surface area (Å²) in [5.74, 6) is 0.988. The van der Waals surface area contributed by atoms with E-state index >= 15 is 0 Å². The lowest BCUT2D eigenvalue weighted by Gasteiger charge is -2.37. The largest absolute Gasteiger partial charge is 0.368 e. The van der Waals surface area contributed by atoms with Crippen LogP contribution < -0.4 is 4.90 Å². The first kappa shape index (κ1) is 21.8. The normalized spacial score (nSPS) is 14.0. The second-order valence-electron chi connectivity index (χ2n) is 7.94. The van der Waals surface area contributed by atoms with Gasteiger partial charge in [-0.15, -0.1) is 11.8 Å². The van der Waals surface area contributed by atoms with Gasteiger partial charge in [0.1, 0.15) is 0 Å². The van der Waals surface area contributed by atoms with Crippen LogP contribution in [0.1, 0.15) is 27.0 Å². The maximum Gasteiger partial charge on any atom is 0.253 e. The van der Waals surface area contributed by atoms with E-state index in [0.29, 0.717) is 0 Å². The Kier molecular flexibility index (Phi) is 6.89. The molecule has 4 rings (SSSR count). The third-order valence-electron chi connectivity index (χ3n) is 5.90. The van der Waals surface area contributed by atoms with Gasteiger partial charge < -0.3 is 9.80 Å². The van der Waals surface area contributed by atoms with Gasteiger partial charge in [0, 0.05) is 53.1 Å². The summed E-state index contributed by atoms with van der Waals surface area (Å²) in [6.45, 7) is 7.56. The van der Waals surface area contributed by atoms with Crippen molar-refractivity contribution >= 4 is 35.0 Å². The van der Waals surface area contributed by atoms with Crippen molar-refractivity contribution in [3.8, 4) is 0 Å². The standard InChI is InChI=1S/C26H27ClN2OS/c1-19-4-3-5-25(20(19)2)28-14-16-29(17-15-28)26(30)22-8-6-21(7-9-22)18-31-24-12-10-23(27)11-13-24/h3-13H,14-18H2,1-2H3. The van der Waals surface area contributed by atoms with E-state index < -0.39 is 0 Å². The molecular formula is C26H27ClN2OS. The highest BCUT2D eigenvalue weighted by molar-refractivity contribution is 7.98. The van der Waals surface area contributed by atoms with Crippen molar-refractivity contribution in [2.45, 2.75) is 24.5 Å². The van der Waals surface area contributed by atoms with E-state index in [9.17, 15) is 4.79 Å². The minimum absolute atomic E-state index is 0.123. The minimum Gasteiger partial charge on any atom is -0.368 e. The first-order valence-electron chi connectivity index (χ1n) is 10.6. The summed E-state index contributed by atoms with van der Waals surface area (Å²) in [6.07, 6.45) is 0. The Balaban J connectivity index is 1.32. The Morgan fingerprint density at radius 3 is 2.26 bits per heavy atom. The van der Waals surface area contributed by atoms with Crippen LogP contribution in [0.15, 0.2) is 71.6 Å². The molecule has 0 spiro atoms. The Morgan fingerprint density at radius 2 is 1.58 bits per heavy atom. The SMILES string of the molecule is Cc1cccc(N2CCN(C(=O)c3ccc(CSc4ccc(Cl)cc4)cc3)CC2)c1C. The number of anilines is 1. The molecule has 160 valence electrons. The van der Waals surface area contributed by atoms with E-state index in [2.05, 4.69) is 49.1 Å². The second kappa shape index (κ2) is 9.80. The molecule has 1 amide bonds. The third-order valence-corrected chi connectivity index (χ3v) is 7.24. The summed E-state index contributed by atoms with van der Waals surface area (Å²) in [6, 6.07) is 22.3. The van der Waals surface area contributed by atoms with Crippen LogP contribution in [0.4, 0.5) is 5.69 Å². The van der Waals surface area contributed by atoms with Crippen molar-refractivity contribution in [2.75, 3.05) is 31.1 Å². The van der Waals surface area contributed by atoms with Gasteiger partial charge in [0.05, 0.1) is 0 Å². The van der Waals surface area contributed by atoms with Crippen LogP contribution in [0.3, 0.4) is 0 Å². The summed E-state index contributed by atoms with van der Waals surface area (Å²) in [7, 11) is 0. The van der Waals surface area contributed by atoms with Crippen molar-refractivity contribution in [2.24, 2.45) is 0 Å². The van der Waals surface area contributed by atoms with Crippen molar-refractivity contribution in [1.82, 2.24) is 4.90 Å². The summed E-state index contributed by atoms with van der Waals surface area (Å²) in [5, 5.41) is 0.752. The van der Waals surface area contributed by atoms with Crippen molar-refractivity contribution < 1.29 is 4.79 Å². The lowest BCUT2D eigenvalue weighted by atomic mass is 10.1. The zero-order valence-corrected chi connectivity index (χ0v) is 19.5. The molecule has 0 N–H and O–H groups in total. The topological polar surface area (TPSA) is 23.6 Å². The lowest BCUT2D eigenvalue weighted by molar-refractivity contribution is 0.0747. The first-order valence-corrected chi connectivity index (χ1v) is 12.0. The quantitative estimate of drug-likeness (QED) is 0.431. The number of carbonyl (C=O) groups is 1. The number of hydrogen-bond acceptors (Lipinski definition) is 3. The number of thioether (sulfide) groups is 1. The number of aryl methyl sites for hydroxylation is 1. The maximum atomic E-state index is 13.0. The van der Waals surface area contributed by atoms with Crippen LogP contribution in [0.25, 0.3) is 0 Å². The molecule has 1 saturated heterocycles. The number of nitrogens with zero attached hydrogens (tertiary/aromatic N) is 2. The molecule has 0 radical (unpaired) electrons. The lowest BCUT2D eigenvalue weighted by Crippen LogP contribution is -2.49. The number of benzene rings is 3. The number of halogens is 1. The molecule has 0 saturated carbocycles. The van der Waals surface area contributed by atoms with Gasteiger partial charge in [-0.25, -0.2) is 0 Å². The molecule has 3 aromatic carbocycles. The fraction of sp³-hybridized carbons (Fsp3) is 0.269. The van der Waals surface area contributed by atoms with Crippen LogP contribution in [-0.2, 0) is 5.75 Å². The molecule has 1 aliphatic heterocycles. The zero-order chi connectivity index (χ0) is 21.8. The van der Waals surface area contributed by atoms with Crippen molar-refractivity contribution in [3.05, 3.63) is 94.0 Å². The number of amides is 1. The Morgan fingerprint density at radius 1 is 0.903 bits per heavy atom. The van der Waals surface area contributed by atoms with E-state index in [4.69, 9.17) is 11.6 Å². The smallest absolute Gasteiger partial charge is 0.253 e. The Hall–Kier alpha value is -2.43. The van der Waals surface area contributed by atoms with E-state index in [0.717, 1.165) is 42.5 Å². The summed E-state index contributed by atoms with van der Waals surface area (Å²) >= 11 is 7.71. The molecule has 1 heterocycles. The number of piperazine rings is 1. The van der Waals surface area contributed by atoms with E-state index in [1.54, 1.807) is 11.8 Å². The van der Waals surface area contributed by atoms with Gasteiger partial charge in [-0.2, -0.15) is 0 Å². The second-order valence-corrected chi connectivity index (χ2v) is 9.42. The Labute approximate surface area is 194 Å². The molecule has 0 unspecified atom stereocenters. The molecule has 0 aliphatic carbocycles. The van der Waals surface area contributed by atoms with Crippen molar-refractivity contribution in [1.29, 1.82) is 0 Å². The highest BCUT2D eigenvalue weighted by Gasteiger charge is 2.23. The van der Waals surface area contributed by atoms with Gasteiger partial charge in [0.25, 0.3) is 5.91 Å². The van der Waals surface area contributed by atoms with Crippen LogP contribution in [0, 0.1) is 13.8 Å². The molecule has 1 aliphatic rings. The summed E-state index contributed by atoms with van der Waals surface area (Å²) in [4.78, 5) is 18.5. The first-order chi connectivity index (χ1) is 15.0. The summed E-state index contributed by atoms with van der Waals surface area (Å²) in [5.41, 5.74) is 5.89. The zero-order valence-electron chi connectivity index (χ0n) is 18.0. The minimum atomic E-state index is 0.123. The molecule has 0 bridgehead atoms. The number of rotatable bonds is 5. The Bertz CT molecular complexity index is 1040. The van der Waals surface area contributed by atoms with Gasteiger partial charge >= 0.3 is 0 Å². The molecule has 0 atom stereocenters. The van der Waals surface area contributed by atoms with Gasteiger partial charge in [0.15, 0.2) is 0 Å². The molecule has 0 aromatic heterocycles. The van der Waals surface area contributed by atoms with Gasteiger partial charge in [-0.3, -0.25) is 4.79 Å². The summed E-state index contributed by atoms with van der Waals surface area (Å²) < 4.78 is 0. The average Bonchev–Trinajstić information content (AvgIpc) is 2.80. The highest BCUT2D eigenvalue weighted by atomic mass is 35.5. The van der Waals surface area contributed by atoms with Crippen LogP contribution in [0.2, 0.25) is 5.02 Å². The maximum absolute atomic E-state index is 13.0. The van der Waals surface area contributed by atoms with E-state index in [-0.39, 0.29) is 5.91 Å². The molecule has 3 aromatic rings. The van der Waals surface area contributed by atoms with Crippen molar-refractivity contribution in [3.63, 3.8) is 0 Å². The number of hydrogen-bond donors (Lipinski definition) is 0. The molecular weight excluding hydrogens is 424 g/mol. The number of carbonyl (C=O) groups excluding carboxylic acids is 1. The van der Waals surface area contributed by atoms with Gasteiger partial charge in [0.2, 0.25) is 0 Å². The molecule has 5 heteroatoms. The third kappa shape index (κ3) is 5.25. The fourth-order valence-corrected chi connectivity index (χ4v) is 4.83. The predicted molar refractivity (Wildman–Crippen MR) is 131 cm³/mol. The van der Waals surface area contributed by atoms with Gasteiger partial charge in [-0.05, 0) is 73.0 Å². The van der Waals surface area contributed by atoms with Gasteiger partial charge in [-0.1, -0.05) is 35.9 Å². The van der Waals surface area contributed by atoms with Crippen LogP contribution in [-0.4, -0.2) is 37.0 Å². The molecule has 1 fully saturated rings. The highest BCUT2D eigenvalue weighted by Crippen LogP contribution is 2.26. The molecule has 31 heavy (non-hydrogen) atoms. The van der Waals surface area contributed by atoms with E-state index in [1.165, 1.54) is 27.3 Å². The van der Waals surface area contributed by atoms with E-state index in [1.807, 2.05) is 41.3 Å². The fourth-order valence-electron chi connectivity index (χ4n) is 3.85. The monoisotopic (exact) mass is 450 g/mol.